The summed E-state index contributed by atoms with van der Waals surface area (Å²) in [5, 5.41) is 10.8. The van der Waals surface area contributed by atoms with Crippen LogP contribution in [0.25, 0.3) is 0 Å². The highest BCUT2D eigenvalue weighted by molar-refractivity contribution is 6.23. The second kappa shape index (κ2) is 6.41. The zero-order chi connectivity index (χ0) is 22.2. The number of ketones is 2. The van der Waals surface area contributed by atoms with Crippen LogP contribution in [-0.4, -0.2) is 30.6 Å². The van der Waals surface area contributed by atoms with Gasteiger partial charge in [-0.1, -0.05) is 24.3 Å². The molecule has 3 aliphatic rings. The number of benzene rings is 1. The number of allylic oxidation sites excluding steroid dienone is 6. The van der Waals surface area contributed by atoms with Gasteiger partial charge in [0.05, 0.1) is 12.6 Å². The van der Waals surface area contributed by atoms with Gasteiger partial charge in [0.2, 0.25) is 0 Å². The molecular weight excluding hydrogens is 398 g/mol. The summed E-state index contributed by atoms with van der Waals surface area (Å²) < 4.78 is 3.78. The third-order valence-corrected chi connectivity index (χ3v) is 6.60. The molecule has 1 aromatic heterocycles. The number of hydrogen-bond donors (Lipinski definition) is 1. The molecular formula is C23H21N3O5. The predicted molar refractivity (Wildman–Crippen MR) is 112 cm³/mol. The van der Waals surface area contributed by atoms with E-state index in [1.165, 1.54) is 22.5 Å². The van der Waals surface area contributed by atoms with Gasteiger partial charge in [-0.3, -0.25) is 9.59 Å². The van der Waals surface area contributed by atoms with E-state index in [1.54, 1.807) is 32.0 Å². The highest BCUT2D eigenvalue weighted by atomic mass is 16.3. The quantitative estimate of drug-likeness (QED) is 0.556. The minimum atomic E-state index is -0.676. The average Bonchev–Trinajstić information content (AvgIpc) is 2.97. The molecule has 2 aromatic rings. The van der Waals surface area contributed by atoms with E-state index in [0.29, 0.717) is 27.8 Å². The Bertz CT molecular complexity index is 1410. The fraction of sp³-hybridized carbons (Fsp3) is 0.304. The summed E-state index contributed by atoms with van der Waals surface area (Å²) in [6.45, 7) is 3.53. The van der Waals surface area contributed by atoms with Crippen molar-refractivity contribution in [3.05, 3.63) is 84.7 Å². The number of fused-ring (bicyclic) bond motifs is 3. The van der Waals surface area contributed by atoms with Crippen LogP contribution in [-0.2, 0) is 23.2 Å². The van der Waals surface area contributed by atoms with Crippen LogP contribution in [0.1, 0.15) is 36.4 Å². The van der Waals surface area contributed by atoms with E-state index in [2.05, 4.69) is 0 Å². The minimum absolute atomic E-state index is 0.0517. The van der Waals surface area contributed by atoms with Crippen molar-refractivity contribution in [2.24, 2.45) is 7.05 Å². The van der Waals surface area contributed by atoms with Crippen LogP contribution >= 0.6 is 0 Å². The van der Waals surface area contributed by atoms with E-state index >= 15 is 0 Å². The molecule has 0 fully saturated rings. The number of phenolic OH excluding ortho intramolecular Hbond substituents is 1. The zero-order valence-corrected chi connectivity index (χ0v) is 17.4. The molecule has 0 bridgehead atoms. The lowest BCUT2D eigenvalue weighted by atomic mass is 9.67. The molecule has 8 heteroatoms. The van der Waals surface area contributed by atoms with E-state index in [0.717, 1.165) is 10.1 Å². The van der Waals surface area contributed by atoms with Gasteiger partial charge in [-0.2, -0.15) is 0 Å². The van der Waals surface area contributed by atoms with Gasteiger partial charge in [0.25, 0.3) is 0 Å². The van der Waals surface area contributed by atoms with Crippen LogP contribution in [0.15, 0.2) is 62.2 Å². The second-order valence-corrected chi connectivity index (χ2v) is 8.33. The van der Waals surface area contributed by atoms with Gasteiger partial charge >= 0.3 is 11.4 Å². The van der Waals surface area contributed by atoms with Gasteiger partial charge in [0.15, 0.2) is 11.6 Å². The number of aromatic hydroxyl groups is 1. The normalized spacial score (nSPS) is 22.5. The third kappa shape index (κ3) is 2.47. The Kier molecular flexibility index (Phi) is 3.99. The molecule has 0 spiro atoms. The summed E-state index contributed by atoms with van der Waals surface area (Å²) >= 11 is 0. The maximum absolute atomic E-state index is 13.1. The number of phenols is 1. The number of Topliss-reactive ketones (excluding diaryl/α,β-unsaturated/α-hetero) is 1. The third-order valence-electron chi connectivity index (χ3n) is 6.60. The Balaban J connectivity index is 1.82. The molecule has 2 aliphatic carbocycles. The van der Waals surface area contributed by atoms with Crippen molar-refractivity contribution in [3.63, 3.8) is 0 Å². The van der Waals surface area contributed by atoms with Crippen LogP contribution in [0, 0.1) is 6.92 Å². The Labute approximate surface area is 177 Å². The topological polar surface area (TPSA) is 103 Å². The van der Waals surface area contributed by atoms with Crippen molar-refractivity contribution in [1.82, 2.24) is 13.9 Å². The van der Waals surface area contributed by atoms with Gasteiger partial charge in [-0.05, 0) is 31.1 Å². The maximum Gasteiger partial charge on any atom is 0.347 e. The number of aryl methyl sites for hydroxylation is 1. The number of carbonyl (C=O) groups excluding carboxylic acids is 2. The van der Waals surface area contributed by atoms with E-state index < -0.39 is 23.3 Å². The first kappa shape index (κ1) is 19.3. The van der Waals surface area contributed by atoms with Gasteiger partial charge in [-0.15, -0.1) is 0 Å². The lowest BCUT2D eigenvalue weighted by Crippen LogP contribution is -2.40. The molecule has 2 atom stereocenters. The SMILES string of the molecule is CC1=CC(=O)C2=C(CC3C(=CCn4c(=O)n(C)c(=O)n43)C2c2cccc(C)c2O)C1=O. The number of para-hydroxylation sites is 1. The van der Waals surface area contributed by atoms with E-state index in [9.17, 15) is 24.3 Å². The van der Waals surface area contributed by atoms with Crippen molar-refractivity contribution >= 4 is 11.6 Å². The van der Waals surface area contributed by atoms with Crippen molar-refractivity contribution in [1.29, 1.82) is 0 Å². The molecule has 2 unspecified atom stereocenters. The molecule has 0 saturated heterocycles. The highest BCUT2D eigenvalue weighted by Crippen LogP contribution is 2.51. The van der Waals surface area contributed by atoms with Crippen molar-refractivity contribution < 1.29 is 14.7 Å². The Morgan fingerprint density at radius 2 is 1.81 bits per heavy atom. The monoisotopic (exact) mass is 419 g/mol. The summed E-state index contributed by atoms with van der Waals surface area (Å²) in [6.07, 6.45) is 3.32. The molecule has 1 aliphatic heterocycles. The van der Waals surface area contributed by atoms with Crippen LogP contribution in [0.2, 0.25) is 0 Å². The first-order valence-corrected chi connectivity index (χ1v) is 10.1. The smallest absolute Gasteiger partial charge is 0.347 e. The number of aromatic nitrogens is 3. The fourth-order valence-corrected chi connectivity index (χ4v) is 5.03. The molecule has 1 aromatic carbocycles. The molecule has 2 heterocycles. The molecule has 0 amide bonds. The van der Waals surface area contributed by atoms with Gasteiger partial charge in [-0.25, -0.2) is 23.5 Å². The first-order chi connectivity index (χ1) is 14.7. The number of carbonyl (C=O) groups is 2. The van der Waals surface area contributed by atoms with Gasteiger partial charge in [0, 0.05) is 41.7 Å². The molecule has 0 radical (unpaired) electrons. The number of rotatable bonds is 1. The van der Waals surface area contributed by atoms with Gasteiger partial charge < -0.3 is 5.11 Å². The first-order valence-electron chi connectivity index (χ1n) is 10.1. The summed E-state index contributed by atoms with van der Waals surface area (Å²) in [5.41, 5.74) is 2.02. The minimum Gasteiger partial charge on any atom is -0.507 e. The molecule has 8 nitrogen and oxygen atoms in total. The van der Waals surface area contributed by atoms with Crippen LogP contribution in [0.3, 0.4) is 0 Å². The van der Waals surface area contributed by atoms with Crippen molar-refractivity contribution in [3.8, 4) is 5.75 Å². The number of nitrogens with zero attached hydrogens (tertiary/aromatic N) is 3. The summed E-state index contributed by atoms with van der Waals surface area (Å²) in [7, 11) is 1.42. The largest absolute Gasteiger partial charge is 0.507 e. The molecule has 158 valence electrons. The lowest BCUT2D eigenvalue weighted by Gasteiger charge is -2.39. The predicted octanol–water partition coefficient (Wildman–Crippen LogP) is 1.43. The van der Waals surface area contributed by atoms with Gasteiger partial charge in [0.1, 0.15) is 5.75 Å². The molecule has 5 rings (SSSR count). The average molecular weight is 419 g/mol. The standard InChI is InChI=1S/C23H21N3O5/c1-11-5-4-6-14(20(11)28)18-13-7-8-25-22(30)24(3)23(31)26(25)16(13)10-15-19(18)17(27)9-12(2)21(15)29/h4-7,9,16,18,28H,8,10H2,1-3H3. The Morgan fingerprint density at radius 1 is 1.06 bits per heavy atom. The fourth-order valence-electron chi connectivity index (χ4n) is 5.03. The lowest BCUT2D eigenvalue weighted by molar-refractivity contribution is -0.116. The number of hydrogen-bond acceptors (Lipinski definition) is 5. The highest BCUT2D eigenvalue weighted by Gasteiger charge is 2.45. The van der Waals surface area contributed by atoms with E-state index in [1.807, 2.05) is 6.08 Å². The van der Waals surface area contributed by atoms with Crippen molar-refractivity contribution in [2.75, 3.05) is 0 Å². The van der Waals surface area contributed by atoms with Crippen LogP contribution in [0.4, 0.5) is 0 Å². The summed E-state index contributed by atoms with van der Waals surface area (Å²) in [5.74, 6) is -1.13. The summed E-state index contributed by atoms with van der Waals surface area (Å²) in [4.78, 5) is 51.5. The summed E-state index contributed by atoms with van der Waals surface area (Å²) in [6, 6.07) is 4.69. The molecule has 31 heavy (non-hydrogen) atoms. The van der Waals surface area contributed by atoms with Crippen LogP contribution in [0.5, 0.6) is 5.75 Å². The molecule has 0 saturated carbocycles. The molecule has 1 N–H and O–H groups in total. The van der Waals surface area contributed by atoms with Crippen molar-refractivity contribution in [2.45, 2.75) is 38.8 Å². The van der Waals surface area contributed by atoms with E-state index in [4.69, 9.17) is 0 Å². The van der Waals surface area contributed by atoms with Crippen LogP contribution < -0.4 is 11.4 Å². The Morgan fingerprint density at radius 3 is 2.55 bits per heavy atom. The zero-order valence-electron chi connectivity index (χ0n) is 17.4. The maximum atomic E-state index is 13.1. The van der Waals surface area contributed by atoms with E-state index in [-0.39, 0.29) is 30.3 Å². The Hall–Kier alpha value is -3.68. The second-order valence-electron chi connectivity index (χ2n) is 8.33.